The Labute approximate surface area is 93.7 Å². The normalized spacial score (nSPS) is 29.1. The zero-order valence-corrected chi connectivity index (χ0v) is 9.65. The van der Waals surface area contributed by atoms with Crippen molar-refractivity contribution in [2.24, 2.45) is 5.73 Å². The molecule has 0 atom stereocenters. The predicted octanol–water partition coefficient (Wildman–Crippen LogP) is 0.883. The zero-order chi connectivity index (χ0) is 12.6. The molecule has 3 N–H and O–H groups in total. The number of carboxylic acids is 1. The molecule has 0 aromatic heterocycles. The molecule has 0 heterocycles. The summed E-state index contributed by atoms with van der Waals surface area (Å²) in [7, 11) is 0. The first kappa shape index (κ1) is 12.8. The van der Waals surface area contributed by atoms with Crippen LogP contribution in [0.25, 0.3) is 0 Å². The molecular weight excluding hydrogens is 214 g/mol. The van der Waals surface area contributed by atoms with E-state index in [1.807, 2.05) is 0 Å². The fraction of sp³-hybridized carbons (Fsp3) is 0.800. The summed E-state index contributed by atoms with van der Waals surface area (Å²) in [5.41, 5.74) is 3.63. The highest BCUT2D eigenvalue weighted by Crippen LogP contribution is 2.33. The van der Waals surface area contributed by atoms with Crippen molar-refractivity contribution in [1.82, 2.24) is 0 Å². The summed E-state index contributed by atoms with van der Waals surface area (Å²) in [5, 5.41) is 8.73. The van der Waals surface area contributed by atoms with Gasteiger partial charge >= 0.3 is 12.1 Å². The summed E-state index contributed by atoms with van der Waals surface area (Å²) in [6, 6.07) is 0. The van der Waals surface area contributed by atoms with E-state index >= 15 is 0 Å². The SMILES string of the molecule is CC(C)(C)OC(=O)OC1CC(N)(C(=O)O)C1. The Bertz CT molecular complexity index is 301. The molecule has 1 saturated carbocycles. The molecule has 6 nitrogen and oxygen atoms in total. The molecule has 0 spiro atoms. The molecule has 0 bridgehead atoms. The van der Waals surface area contributed by atoms with E-state index in [9.17, 15) is 9.59 Å². The van der Waals surface area contributed by atoms with E-state index in [0.29, 0.717) is 0 Å². The van der Waals surface area contributed by atoms with Gasteiger partial charge in [-0.3, -0.25) is 4.79 Å². The fourth-order valence-electron chi connectivity index (χ4n) is 1.42. The van der Waals surface area contributed by atoms with Crippen molar-refractivity contribution in [3.8, 4) is 0 Å². The Morgan fingerprint density at radius 1 is 1.38 bits per heavy atom. The van der Waals surface area contributed by atoms with Crippen molar-refractivity contribution < 1.29 is 24.2 Å². The Morgan fingerprint density at radius 3 is 2.25 bits per heavy atom. The van der Waals surface area contributed by atoms with Gasteiger partial charge in [0.2, 0.25) is 0 Å². The first-order valence-electron chi connectivity index (χ1n) is 5.04. The van der Waals surface area contributed by atoms with E-state index < -0.39 is 29.4 Å². The van der Waals surface area contributed by atoms with Gasteiger partial charge in [-0.2, -0.15) is 0 Å². The van der Waals surface area contributed by atoms with Gasteiger partial charge in [-0.15, -0.1) is 0 Å². The summed E-state index contributed by atoms with van der Waals surface area (Å²) in [4.78, 5) is 21.9. The zero-order valence-electron chi connectivity index (χ0n) is 9.65. The van der Waals surface area contributed by atoms with E-state index in [1.54, 1.807) is 20.8 Å². The molecule has 1 aliphatic rings. The van der Waals surface area contributed by atoms with Crippen LogP contribution in [0.1, 0.15) is 33.6 Å². The number of nitrogens with two attached hydrogens (primary N) is 1. The van der Waals surface area contributed by atoms with Crippen LogP contribution in [0.3, 0.4) is 0 Å². The summed E-state index contributed by atoms with van der Waals surface area (Å²) >= 11 is 0. The van der Waals surface area contributed by atoms with Gasteiger partial charge in [0.15, 0.2) is 0 Å². The van der Waals surface area contributed by atoms with Gasteiger partial charge in [0.1, 0.15) is 17.2 Å². The molecule has 1 fully saturated rings. The lowest BCUT2D eigenvalue weighted by atomic mass is 9.75. The number of rotatable bonds is 2. The monoisotopic (exact) mass is 231 g/mol. The molecule has 0 aromatic carbocycles. The quantitative estimate of drug-likeness (QED) is 0.684. The van der Waals surface area contributed by atoms with Crippen LogP contribution in [-0.2, 0) is 14.3 Å². The fourth-order valence-corrected chi connectivity index (χ4v) is 1.42. The summed E-state index contributed by atoms with van der Waals surface area (Å²) in [6.45, 7) is 5.17. The van der Waals surface area contributed by atoms with Crippen LogP contribution in [0.4, 0.5) is 4.79 Å². The average molecular weight is 231 g/mol. The highest BCUT2D eigenvalue weighted by molar-refractivity contribution is 5.80. The van der Waals surface area contributed by atoms with Crippen molar-refractivity contribution in [2.75, 3.05) is 0 Å². The van der Waals surface area contributed by atoms with Crippen LogP contribution in [0.5, 0.6) is 0 Å². The van der Waals surface area contributed by atoms with Crippen LogP contribution in [0, 0.1) is 0 Å². The van der Waals surface area contributed by atoms with Crippen molar-refractivity contribution in [3.63, 3.8) is 0 Å². The third kappa shape index (κ3) is 3.10. The number of ether oxygens (including phenoxy) is 2. The molecular formula is C10H17NO5. The van der Waals surface area contributed by atoms with Gasteiger partial charge in [-0.25, -0.2) is 4.79 Å². The number of aliphatic carboxylic acids is 1. The number of carbonyl (C=O) groups is 2. The van der Waals surface area contributed by atoms with Gasteiger partial charge in [-0.1, -0.05) is 0 Å². The molecule has 0 aromatic rings. The second-order valence-electron chi connectivity index (χ2n) is 5.07. The molecule has 0 radical (unpaired) electrons. The highest BCUT2D eigenvalue weighted by Gasteiger charge is 2.49. The van der Waals surface area contributed by atoms with Crippen LogP contribution < -0.4 is 5.73 Å². The standard InChI is InChI=1S/C10H17NO5/c1-9(2,3)16-8(14)15-6-4-10(11,5-6)7(12)13/h6H,4-5,11H2,1-3H3,(H,12,13). The number of carbonyl (C=O) groups excluding carboxylic acids is 1. The minimum absolute atomic E-state index is 0.127. The van der Waals surface area contributed by atoms with Crippen molar-refractivity contribution in [1.29, 1.82) is 0 Å². The molecule has 0 saturated heterocycles. The lowest BCUT2D eigenvalue weighted by Gasteiger charge is -2.40. The molecule has 1 aliphatic carbocycles. The molecule has 0 aliphatic heterocycles. The molecule has 0 unspecified atom stereocenters. The van der Waals surface area contributed by atoms with E-state index in [1.165, 1.54) is 0 Å². The first-order valence-corrected chi connectivity index (χ1v) is 5.04. The second-order valence-corrected chi connectivity index (χ2v) is 5.07. The Balaban J connectivity index is 2.33. The van der Waals surface area contributed by atoms with E-state index in [2.05, 4.69) is 0 Å². The van der Waals surface area contributed by atoms with Crippen LogP contribution in [0.2, 0.25) is 0 Å². The third-order valence-corrected chi connectivity index (χ3v) is 2.26. The lowest BCUT2D eigenvalue weighted by Crippen LogP contribution is -2.61. The minimum atomic E-state index is -1.26. The third-order valence-electron chi connectivity index (χ3n) is 2.26. The van der Waals surface area contributed by atoms with Crippen molar-refractivity contribution in [3.05, 3.63) is 0 Å². The topological polar surface area (TPSA) is 98.9 Å². The highest BCUT2D eigenvalue weighted by atomic mass is 16.7. The Hall–Kier alpha value is -1.30. The largest absolute Gasteiger partial charge is 0.509 e. The van der Waals surface area contributed by atoms with Crippen LogP contribution >= 0.6 is 0 Å². The molecule has 92 valence electrons. The van der Waals surface area contributed by atoms with Crippen molar-refractivity contribution >= 4 is 12.1 Å². The van der Waals surface area contributed by atoms with Gasteiger partial charge in [0.25, 0.3) is 0 Å². The number of hydrogen-bond donors (Lipinski definition) is 2. The van der Waals surface area contributed by atoms with Crippen LogP contribution in [-0.4, -0.2) is 34.5 Å². The molecule has 0 amide bonds. The van der Waals surface area contributed by atoms with E-state index in [-0.39, 0.29) is 12.8 Å². The summed E-state index contributed by atoms with van der Waals surface area (Å²) < 4.78 is 9.83. The second kappa shape index (κ2) is 3.93. The van der Waals surface area contributed by atoms with E-state index in [4.69, 9.17) is 20.3 Å². The molecule has 6 heteroatoms. The number of hydrogen-bond acceptors (Lipinski definition) is 5. The van der Waals surface area contributed by atoms with Gasteiger partial charge in [-0.05, 0) is 20.8 Å². The Morgan fingerprint density at radius 2 is 1.88 bits per heavy atom. The maximum atomic E-state index is 11.2. The average Bonchev–Trinajstić information content (AvgIpc) is 1.96. The molecule has 1 rings (SSSR count). The first-order chi connectivity index (χ1) is 7.12. The van der Waals surface area contributed by atoms with Gasteiger partial charge in [0, 0.05) is 12.8 Å². The van der Waals surface area contributed by atoms with Gasteiger partial charge in [0.05, 0.1) is 0 Å². The van der Waals surface area contributed by atoms with Crippen molar-refractivity contribution in [2.45, 2.75) is 50.9 Å². The summed E-state index contributed by atoms with van der Waals surface area (Å²) in [6.07, 6.45) is -0.996. The minimum Gasteiger partial charge on any atom is -0.480 e. The van der Waals surface area contributed by atoms with Gasteiger partial charge < -0.3 is 20.3 Å². The van der Waals surface area contributed by atoms with Crippen LogP contribution in [0.15, 0.2) is 0 Å². The predicted molar refractivity (Wildman–Crippen MR) is 54.9 cm³/mol. The maximum absolute atomic E-state index is 11.2. The maximum Gasteiger partial charge on any atom is 0.509 e. The summed E-state index contributed by atoms with van der Waals surface area (Å²) in [5.74, 6) is -1.07. The lowest BCUT2D eigenvalue weighted by molar-refractivity contribution is -0.153. The molecule has 16 heavy (non-hydrogen) atoms. The smallest absolute Gasteiger partial charge is 0.480 e. The van der Waals surface area contributed by atoms with E-state index in [0.717, 1.165) is 0 Å². The number of carboxylic acid groups (broad SMARTS) is 1. The Kier molecular flexibility index (Phi) is 3.14.